The molecule has 1 atom stereocenters. The fraction of sp³-hybridized carbons (Fsp3) is 0.0189. The predicted octanol–water partition coefficient (Wildman–Crippen LogP) is 14.2. The Morgan fingerprint density at radius 2 is 1.00 bits per heavy atom. The number of hydrogen-bond donors (Lipinski definition) is 0. The van der Waals surface area contributed by atoms with Gasteiger partial charge in [0.15, 0.2) is 0 Å². The molecule has 0 fully saturated rings. The van der Waals surface area contributed by atoms with Crippen molar-refractivity contribution in [3.63, 3.8) is 0 Å². The van der Waals surface area contributed by atoms with Gasteiger partial charge in [0, 0.05) is 28.1 Å². The van der Waals surface area contributed by atoms with Crippen molar-refractivity contribution < 1.29 is 4.74 Å². The summed E-state index contributed by atoms with van der Waals surface area (Å²) in [5, 5.41) is 0. The summed E-state index contributed by atoms with van der Waals surface area (Å²) in [7, 11) is 0. The number of fused-ring (bicyclic) bond motifs is 9. The van der Waals surface area contributed by atoms with Crippen LogP contribution in [0.3, 0.4) is 0 Å². The number of benzene rings is 8. The van der Waals surface area contributed by atoms with E-state index in [1.165, 1.54) is 44.5 Å². The first-order chi connectivity index (χ1) is 27.2. The van der Waals surface area contributed by atoms with Gasteiger partial charge in [-0.2, -0.15) is 0 Å². The fourth-order valence-corrected chi connectivity index (χ4v) is 8.71. The number of anilines is 3. The minimum Gasteiger partial charge on any atom is -0.457 e. The number of nitrogens with zero attached hydrogens (tertiary/aromatic N) is 1. The van der Waals surface area contributed by atoms with E-state index in [0.717, 1.165) is 45.3 Å². The third-order valence-electron chi connectivity index (χ3n) is 11.1. The molecule has 10 rings (SSSR count). The van der Waals surface area contributed by atoms with Crippen LogP contribution >= 0.6 is 0 Å². The molecule has 260 valence electrons. The number of allylic oxidation sites excluding steroid dienone is 2. The molecule has 0 N–H and O–H groups in total. The molecule has 2 nitrogen and oxygen atoms in total. The van der Waals surface area contributed by atoms with E-state index < -0.39 is 5.41 Å². The molecular weight excluding hydrogens is 667 g/mol. The summed E-state index contributed by atoms with van der Waals surface area (Å²) in [6.07, 6.45) is 5.84. The topological polar surface area (TPSA) is 12.5 Å². The number of para-hydroxylation sites is 1. The SMILES string of the molecule is C=C/C=C\c1ccc2c(c1)Oc1ccccc1C21c2ccccc2-c2c(N(c3ccc(-c4ccccc4)cc3)c3ccc(-c4ccccc4)cc3)cccc21. The molecule has 2 aliphatic rings. The maximum absolute atomic E-state index is 6.76. The van der Waals surface area contributed by atoms with Crippen molar-refractivity contribution in [2.24, 2.45) is 0 Å². The molecule has 0 aromatic heterocycles. The van der Waals surface area contributed by atoms with Crippen LogP contribution in [0.4, 0.5) is 17.1 Å². The van der Waals surface area contributed by atoms with E-state index in [9.17, 15) is 0 Å². The second-order valence-corrected chi connectivity index (χ2v) is 14.1. The van der Waals surface area contributed by atoms with Crippen molar-refractivity contribution in [1.29, 1.82) is 0 Å². The Morgan fingerprint density at radius 1 is 0.455 bits per heavy atom. The van der Waals surface area contributed by atoms with Gasteiger partial charge in [-0.05, 0) is 87.0 Å². The predicted molar refractivity (Wildman–Crippen MR) is 229 cm³/mol. The first-order valence-electron chi connectivity index (χ1n) is 18.8. The van der Waals surface area contributed by atoms with Gasteiger partial charge in [0.2, 0.25) is 0 Å². The average molecular weight is 704 g/mol. The van der Waals surface area contributed by atoms with Crippen molar-refractivity contribution in [3.8, 4) is 44.9 Å². The van der Waals surface area contributed by atoms with Crippen LogP contribution in [0.25, 0.3) is 39.5 Å². The Bertz CT molecular complexity index is 2650. The highest BCUT2D eigenvalue weighted by Gasteiger charge is 2.52. The smallest absolute Gasteiger partial charge is 0.132 e. The Morgan fingerprint density at radius 3 is 1.65 bits per heavy atom. The first-order valence-corrected chi connectivity index (χ1v) is 18.8. The summed E-state index contributed by atoms with van der Waals surface area (Å²) in [5.74, 6) is 1.74. The Kier molecular flexibility index (Phi) is 7.89. The van der Waals surface area contributed by atoms with Gasteiger partial charge in [0.1, 0.15) is 11.5 Å². The van der Waals surface area contributed by atoms with Crippen LogP contribution in [-0.2, 0) is 5.41 Å². The molecule has 1 aliphatic carbocycles. The van der Waals surface area contributed by atoms with E-state index in [2.05, 4.69) is 212 Å². The molecule has 0 saturated heterocycles. The molecule has 0 saturated carbocycles. The Labute approximate surface area is 322 Å². The van der Waals surface area contributed by atoms with Crippen LogP contribution < -0.4 is 9.64 Å². The first kappa shape index (κ1) is 32.5. The van der Waals surface area contributed by atoms with Crippen LogP contribution in [0.1, 0.15) is 27.8 Å². The van der Waals surface area contributed by atoms with E-state index in [4.69, 9.17) is 4.74 Å². The second-order valence-electron chi connectivity index (χ2n) is 14.1. The lowest BCUT2D eigenvalue weighted by molar-refractivity contribution is 0.436. The lowest BCUT2D eigenvalue weighted by atomic mass is 9.66. The molecule has 8 aromatic rings. The maximum Gasteiger partial charge on any atom is 0.132 e. The van der Waals surface area contributed by atoms with Gasteiger partial charge in [-0.3, -0.25) is 0 Å². The van der Waals surface area contributed by atoms with Crippen LogP contribution in [-0.4, -0.2) is 0 Å². The van der Waals surface area contributed by atoms with Crippen LogP contribution in [0.5, 0.6) is 11.5 Å². The number of rotatable bonds is 7. The van der Waals surface area contributed by atoms with Crippen molar-refractivity contribution in [2.75, 3.05) is 4.90 Å². The number of ether oxygens (including phenoxy) is 1. The van der Waals surface area contributed by atoms with E-state index in [-0.39, 0.29) is 0 Å². The zero-order chi connectivity index (χ0) is 36.8. The third kappa shape index (κ3) is 5.26. The zero-order valence-electron chi connectivity index (χ0n) is 30.3. The second kappa shape index (κ2) is 13.4. The fourth-order valence-electron chi connectivity index (χ4n) is 8.71. The minimum absolute atomic E-state index is 0.590. The largest absolute Gasteiger partial charge is 0.457 e. The highest BCUT2D eigenvalue weighted by Crippen LogP contribution is 2.64. The van der Waals surface area contributed by atoms with Crippen molar-refractivity contribution >= 4 is 23.1 Å². The molecule has 8 aromatic carbocycles. The van der Waals surface area contributed by atoms with E-state index in [0.29, 0.717) is 0 Å². The summed E-state index contributed by atoms with van der Waals surface area (Å²) in [5.41, 5.74) is 15.8. The van der Waals surface area contributed by atoms with Gasteiger partial charge in [0.05, 0.1) is 11.1 Å². The highest BCUT2D eigenvalue weighted by molar-refractivity contribution is 5.98. The van der Waals surface area contributed by atoms with Gasteiger partial charge >= 0.3 is 0 Å². The van der Waals surface area contributed by atoms with Crippen molar-refractivity contribution in [1.82, 2.24) is 0 Å². The molecule has 2 heteroatoms. The molecule has 1 spiro atoms. The minimum atomic E-state index is -0.590. The summed E-state index contributed by atoms with van der Waals surface area (Å²) in [6, 6.07) is 70.0. The van der Waals surface area contributed by atoms with Crippen molar-refractivity contribution in [3.05, 3.63) is 241 Å². The molecule has 1 heterocycles. The van der Waals surface area contributed by atoms with Gasteiger partial charge < -0.3 is 9.64 Å². The molecule has 1 unspecified atom stereocenters. The summed E-state index contributed by atoms with van der Waals surface area (Å²) in [4.78, 5) is 2.42. The van der Waals surface area contributed by atoms with Crippen LogP contribution in [0, 0.1) is 0 Å². The number of hydrogen-bond acceptors (Lipinski definition) is 2. The lowest BCUT2D eigenvalue weighted by Crippen LogP contribution is -2.32. The summed E-state index contributed by atoms with van der Waals surface area (Å²) >= 11 is 0. The van der Waals surface area contributed by atoms with Gasteiger partial charge in [-0.15, -0.1) is 0 Å². The van der Waals surface area contributed by atoms with E-state index >= 15 is 0 Å². The zero-order valence-corrected chi connectivity index (χ0v) is 30.3. The quantitative estimate of drug-likeness (QED) is 0.153. The molecular formula is C53H37NO. The molecule has 0 amide bonds. The Balaban J connectivity index is 1.22. The molecule has 0 radical (unpaired) electrons. The molecule has 1 aliphatic heterocycles. The van der Waals surface area contributed by atoms with Gasteiger partial charge in [0.25, 0.3) is 0 Å². The van der Waals surface area contributed by atoms with Crippen LogP contribution in [0.15, 0.2) is 213 Å². The standard InChI is InChI=1S/C53H37NO/c1-2-3-15-37-26-35-47-51(36-37)55-50-25-13-12-22-46(50)53(47)45-21-11-10-20-44(45)52-48(53)23-14-24-49(52)54(42-31-27-40(28-32-42)38-16-6-4-7-17-38)43-33-29-41(30-34-43)39-18-8-5-9-19-39/h2-36H,1H2/b15-3-. The molecule has 0 bridgehead atoms. The van der Waals surface area contributed by atoms with Crippen molar-refractivity contribution in [2.45, 2.75) is 5.41 Å². The Hall–Kier alpha value is -7.16. The van der Waals surface area contributed by atoms with E-state index in [1.807, 2.05) is 6.08 Å². The van der Waals surface area contributed by atoms with Crippen LogP contribution in [0.2, 0.25) is 0 Å². The highest BCUT2D eigenvalue weighted by atomic mass is 16.5. The summed E-state index contributed by atoms with van der Waals surface area (Å²) in [6.45, 7) is 3.88. The maximum atomic E-state index is 6.76. The normalized spacial score (nSPS) is 14.8. The average Bonchev–Trinajstić information content (AvgIpc) is 3.55. The van der Waals surface area contributed by atoms with E-state index in [1.54, 1.807) is 6.08 Å². The molecule has 55 heavy (non-hydrogen) atoms. The third-order valence-corrected chi connectivity index (χ3v) is 11.1. The lowest BCUT2D eigenvalue weighted by Gasteiger charge is -2.39. The monoisotopic (exact) mass is 703 g/mol. The van der Waals surface area contributed by atoms with Gasteiger partial charge in [-0.1, -0.05) is 176 Å². The summed E-state index contributed by atoms with van der Waals surface area (Å²) < 4.78 is 6.76. The van der Waals surface area contributed by atoms with Gasteiger partial charge in [-0.25, -0.2) is 0 Å².